The van der Waals surface area contributed by atoms with E-state index in [1.54, 1.807) is 20.8 Å². The molecule has 2 heterocycles. The summed E-state index contributed by atoms with van der Waals surface area (Å²) in [5.41, 5.74) is -0.790. The van der Waals surface area contributed by atoms with Crippen molar-refractivity contribution in [1.29, 1.82) is 0 Å². The van der Waals surface area contributed by atoms with Crippen molar-refractivity contribution in [1.82, 2.24) is 20.0 Å². The molecule has 0 bridgehead atoms. The molecule has 0 aromatic carbocycles. The van der Waals surface area contributed by atoms with Gasteiger partial charge in [0.15, 0.2) is 0 Å². The van der Waals surface area contributed by atoms with Gasteiger partial charge in [0, 0.05) is 33.1 Å². The highest BCUT2D eigenvalue weighted by Crippen LogP contribution is 2.16. The molecule has 0 aliphatic carbocycles. The minimum atomic E-state index is -0.790. The molecule has 0 aromatic heterocycles. The predicted octanol–water partition coefficient (Wildman–Crippen LogP) is 0.261. The number of hydrogen-bond donors (Lipinski definition) is 1. The summed E-state index contributed by atoms with van der Waals surface area (Å²) in [6.45, 7) is 9.70. The zero-order valence-electron chi connectivity index (χ0n) is 13.7. The summed E-state index contributed by atoms with van der Waals surface area (Å²) < 4.78 is 0. The van der Waals surface area contributed by atoms with Crippen LogP contribution in [0, 0.1) is 0 Å². The Balaban J connectivity index is 1.76. The van der Waals surface area contributed by atoms with Crippen molar-refractivity contribution in [2.45, 2.75) is 39.2 Å². The van der Waals surface area contributed by atoms with Crippen LogP contribution in [0.15, 0.2) is 0 Å². The molecule has 7 nitrogen and oxygen atoms in total. The standard InChI is InChI=1S/C15H26N4O3/c1-12(20)18-8-4-6-17(10-11-18)7-5-9-19-13(21)15(2,3)16-14(19)22/h4-11H2,1-3H3,(H,16,22). The van der Waals surface area contributed by atoms with Crippen LogP contribution < -0.4 is 5.32 Å². The van der Waals surface area contributed by atoms with E-state index in [9.17, 15) is 14.4 Å². The molecule has 1 N–H and O–H groups in total. The quantitative estimate of drug-likeness (QED) is 0.756. The second kappa shape index (κ2) is 6.64. The lowest BCUT2D eigenvalue weighted by Crippen LogP contribution is -2.40. The lowest BCUT2D eigenvalue weighted by atomic mass is 10.1. The van der Waals surface area contributed by atoms with Crippen molar-refractivity contribution in [3.05, 3.63) is 0 Å². The molecule has 4 amide bonds. The van der Waals surface area contributed by atoms with E-state index in [0.717, 1.165) is 45.6 Å². The van der Waals surface area contributed by atoms with Gasteiger partial charge in [-0.2, -0.15) is 0 Å². The molecule has 2 rings (SSSR count). The zero-order chi connectivity index (χ0) is 16.3. The smallest absolute Gasteiger partial charge is 0.325 e. The molecule has 0 radical (unpaired) electrons. The number of hydrogen-bond acceptors (Lipinski definition) is 4. The van der Waals surface area contributed by atoms with Gasteiger partial charge in [0.1, 0.15) is 5.54 Å². The number of carbonyl (C=O) groups excluding carboxylic acids is 3. The Labute approximate surface area is 131 Å². The first-order chi connectivity index (χ1) is 10.3. The van der Waals surface area contributed by atoms with Gasteiger partial charge in [0.05, 0.1) is 0 Å². The topological polar surface area (TPSA) is 73.0 Å². The van der Waals surface area contributed by atoms with Crippen LogP contribution in [0.5, 0.6) is 0 Å². The molecule has 2 fully saturated rings. The predicted molar refractivity (Wildman–Crippen MR) is 82.3 cm³/mol. The molecular formula is C15H26N4O3. The number of rotatable bonds is 4. The minimum Gasteiger partial charge on any atom is -0.342 e. The summed E-state index contributed by atoms with van der Waals surface area (Å²) in [7, 11) is 0. The van der Waals surface area contributed by atoms with E-state index in [2.05, 4.69) is 10.2 Å². The van der Waals surface area contributed by atoms with E-state index in [-0.39, 0.29) is 17.8 Å². The Kier molecular flexibility index (Phi) is 5.05. The van der Waals surface area contributed by atoms with Gasteiger partial charge in [-0.3, -0.25) is 14.5 Å². The van der Waals surface area contributed by atoms with Crippen LogP contribution >= 0.6 is 0 Å². The summed E-state index contributed by atoms with van der Waals surface area (Å²) in [5.74, 6) is -0.0282. The van der Waals surface area contributed by atoms with Crippen molar-refractivity contribution in [2.75, 3.05) is 39.3 Å². The third kappa shape index (κ3) is 3.76. The fraction of sp³-hybridized carbons (Fsp3) is 0.800. The molecule has 0 atom stereocenters. The van der Waals surface area contributed by atoms with Crippen LogP contribution in [0.4, 0.5) is 4.79 Å². The largest absolute Gasteiger partial charge is 0.342 e. The number of nitrogens with one attached hydrogen (secondary N) is 1. The SMILES string of the molecule is CC(=O)N1CCCN(CCCN2C(=O)NC(C)(C)C2=O)CC1. The Bertz CT molecular complexity index is 464. The molecule has 2 aliphatic heterocycles. The van der Waals surface area contributed by atoms with Crippen molar-refractivity contribution < 1.29 is 14.4 Å². The van der Waals surface area contributed by atoms with Gasteiger partial charge in [-0.05, 0) is 39.8 Å². The molecule has 2 saturated heterocycles. The first-order valence-corrected chi connectivity index (χ1v) is 7.93. The van der Waals surface area contributed by atoms with E-state index in [4.69, 9.17) is 0 Å². The highest BCUT2D eigenvalue weighted by molar-refractivity contribution is 6.06. The van der Waals surface area contributed by atoms with Crippen LogP contribution in [-0.2, 0) is 9.59 Å². The Morgan fingerprint density at radius 2 is 1.86 bits per heavy atom. The van der Waals surface area contributed by atoms with Crippen molar-refractivity contribution >= 4 is 17.8 Å². The first-order valence-electron chi connectivity index (χ1n) is 7.93. The van der Waals surface area contributed by atoms with Gasteiger partial charge in [0.2, 0.25) is 5.91 Å². The first kappa shape index (κ1) is 16.7. The summed E-state index contributed by atoms with van der Waals surface area (Å²) in [6, 6.07) is -0.298. The van der Waals surface area contributed by atoms with Gasteiger partial charge >= 0.3 is 6.03 Å². The van der Waals surface area contributed by atoms with Gasteiger partial charge in [-0.15, -0.1) is 0 Å². The number of urea groups is 1. The summed E-state index contributed by atoms with van der Waals surface area (Å²) in [6.07, 6.45) is 1.73. The van der Waals surface area contributed by atoms with Crippen molar-refractivity contribution in [3.63, 3.8) is 0 Å². The molecule has 0 unspecified atom stereocenters. The summed E-state index contributed by atoms with van der Waals surface area (Å²) >= 11 is 0. The molecular weight excluding hydrogens is 284 g/mol. The van der Waals surface area contributed by atoms with Gasteiger partial charge in [-0.25, -0.2) is 4.79 Å². The Hall–Kier alpha value is -1.63. The van der Waals surface area contributed by atoms with Crippen LogP contribution in [0.3, 0.4) is 0 Å². The van der Waals surface area contributed by atoms with Crippen LogP contribution in [0.2, 0.25) is 0 Å². The average molecular weight is 310 g/mol. The second-order valence-electron chi connectivity index (χ2n) is 6.57. The van der Waals surface area contributed by atoms with Gasteiger partial charge in [0.25, 0.3) is 5.91 Å². The average Bonchev–Trinajstić information content (AvgIpc) is 2.63. The zero-order valence-corrected chi connectivity index (χ0v) is 13.7. The fourth-order valence-electron chi connectivity index (χ4n) is 2.98. The molecule has 22 heavy (non-hydrogen) atoms. The van der Waals surface area contributed by atoms with Gasteiger partial charge in [-0.1, -0.05) is 0 Å². The lowest BCUT2D eigenvalue weighted by molar-refractivity contribution is -0.130. The van der Waals surface area contributed by atoms with Crippen LogP contribution in [-0.4, -0.2) is 77.4 Å². The fourth-order valence-corrected chi connectivity index (χ4v) is 2.98. The third-order valence-corrected chi connectivity index (χ3v) is 4.33. The number of carbonyl (C=O) groups is 3. The number of amides is 4. The molecule has 7 heteroatoms. The number of nitrogens with zero attached hydrogens (tertiary/aromatic N) is 3. The van der Waals surface area contributed by atoms with E-state index >= 15 is 0 Å². The third-order valence-electron chi connectivity index (χ3n) is 4.33. The van der Waals surface area contributed by atoms with E-state index in [1.807, 2.05) is 4.90 Å². The molecule has 0 aromatic rings. The van der Waals surface area contributed by atoms with Crippen molar-refractivity contribution in [3.8, 4) is 0 Å². The van der Waals surface area contributed by atoms with E-state index in [1.165, 1.54) is 4.90 Å². The van der Waals surface area contributed by atoms with E-state index in [0.29, 0.717) is 6.54 Å². The molecule has 0 spiro atoms. The highest BCUT2D eigenvalue weighted by atomic mass is 16.2. The van der Waals surface area contributed by atoms with Crippen molar-refractivity contribution in [2.24, 2.45) is 0 Å². The highest BCUT2D eigenvalue weighted by Gasteiger charge is 2.43. The minimum absolute atomic E-state index is 0.128. The monoisotopic (exact) mass is 310 g/mol. The molecule has 2 aliphatic rings. The maximum Gasteiger partial charge on any atom is 0.325 e. The van der Waals surface area contributed by atoms with Crippen LogP contribution in [0.1, 0.15) is 33.6 Å². The molecule has 124 valence electrons. The maximum absolute atomic E-state index is 12.1. The normalized spacial score (nSPS) is 22.7. The lowest BCUT2D eigenvalue weighted by Gasteiger charge is -2.22. The van der Waals surface area contributed by atoms with Crippen LogP contribution in [0.25, 0.3) is 0 Å². The Morgan fingerprint density at radius 3 is 2.45 bits per heavy atom. The van der Waals surface area contributed by atoms with Gasteiger partial charge < -0.3 is 15.1 Å². The number of imide groups is 1. The Morgan fingerprint density at radius 1 is 1.14 bits per heavy atom. The summed E-state index contributed by atoms with van der Waals surface area (Å²) in [4.78, 5) is 40.7. The molecule has 0 saturated carbocycles. The maximum atomic E-state index is 12.1. The van der Waals surface area contributed by atoms with E-state index < -0.39 is 5.54 Å². The summed E-state index contributed by atoms with van der Waals surface area (Å²) in [5, 5.41) is 2.69. The second-order valence-corrected chi connectivity index (χ2v) is 6.57.